The summed E-state index contributed by atoms with van der Waals surface area (Å²) in [6, 6.07) is 13.1. The van der Waals surface area contributed by atoms with E-state index in [-0.39, 0.29) is 5.91 Å². The molecule has 0 spiro atoms. The predicted octanol–water partition coefficient (Wildman–Crippen LogP) is 3.12. The number of nitrogens with zero attached hydrogens (tertiary/aromatic N) is 1. The smallest absolute Gasteiger partial charge is 0.250 e. The van der Waals surface area contributed by atoms with Crippen LogP contribution in [-0.2, 0) is 4.79 Å². The van der Waals surface area contributed by atoms with E-state index < -0.39 is 0 Å². The first kappa shape index (κ1) is 12.0. The Labute approximate surface area is 119 Å². The van der Waals surface area contributed by atoms with E-state index in [0.717, 1.165) is 21.5 Å². The molecular weight excluding hydrogens is 306 g/mol. The van der Waals surface area contributed by atoms with E-state index in [2.05, 4.69) is 21.2 Å². The van der Waals surface area contributed by atoms with Crippen LogP contribution in [0.2, 0.25) is 0 Å². The van der Waals surface area contributed by atoms with Gasteiger partial charge in [-0.3, -0.25) is 9.69 Å². The van der Waals surface area contributed by atoms with Crippen LogP contribution in [0.25, 0.3) is 0 Å². The third-order valence-corrected chi connectivity index (χ3v) is 3.52. The number of rotatable bonds is 1. The van der Waals surface area contributed by atoms with Crippen molar-refractivity contribution in [1.82, 2.24) is 0 Å². The van der Waals surface area contributed by atoms with Crippen LogP contribution in [0.15, 0.2) is 46.9 Å². The van der Waals surface area contributed by atoms with Crippen molar-refractivity contribution in [1.29, 1.82) is 0 Å². The summed E-state index contributed by atoms with van der Waals surface area (Å²) in [6.07, 6.45) is 0. The monoisotopic (exact) mass is 317 g/mol. The Morgan fingerprint density at radius 2 is 1.89 bits per heavy atom. The van der Waals surface area contributed by atoms with Crippen LogP contribution in [-0.4, -0.2) is 12.5 Å². The topological polar surface area (TPSA) is 58.4 Å². The van der Waals surface area contributed by atoms with Crippen molar-refractivity contribution in [2.75, 3.05) is 22.5 Å². The molecule has 3 N–H and O–H groups in total. The van der Waals surface area contributed by atoms with Crippen LogP contribution < -0.4 is 16.0 Å². The number of halogens is 1. The fourth-order valence-electron chi connectivity index (χ4n) is 2.13. The molecule has 96 valence electrons. The first-order valence-electron chi connectivity index (χ1n) is 5.87. The van der Waals surface area contributed by atoms with Crippen LogP contribution in [0.4, 0.5) is 22.7 Å². The van der Waals surface area contributed by atoms with Gasteiger partial charge in [0.1, 0.15) is 0 Å². The zero-order valence-corrected chi connectivity index (χ0v) is 11.6. The SMILES string of the molecule is Nc1ccc(N2C(=O)CNc3ccc(Br)cc32)cc1. The first-order valence-corrected chi connectivity index (χ1v) is 6.66. The highest BCUT2D eigenvalue weighted by Crippen LogP contribution is 2.37. The zero-order chi connectivity index (χ0) is 13.4. The average Bonchev–Trinajstić information content (AvgIpc) is 2.40. The molecule has 1 heterocycles. The number of hydrogen-bond acceptors (Lipinski definition) is 3. The molecule has 0 saturated heterocycles. The van der Waals surface area contributed by atoms with E-state index in [4.69, 9.17) is 5.73 Å². The number of anilines is 4. The fourth-order valence-corrected chi connectivity index (χ4v) is 2.48. The van der Waals surface area contributed by atoms with E-state index in [9.17, 15) is 4.79 Å². The maximum atomic E-state index is 12.2. The van der Waals surface area contributed by atoms with E-state index in [0.29, 0.717) is 12.2 Å². The van der Waals surface area contributed by atoms with Gasteiger partial charge in [-0.25, -0.2) is 0 Å². The molecule has 0 fully saturated rings. The third-order valence-electron chi connectivity index (χ3n) is 3.03. The summed E-state index contributed by atoms with van der Waals surface area (Å²) in [5, 5.41) is 3.11. The number of hydrogen-bond donors (Lipinski definition) is 2. The molecule has 3 rings (SSSR count). The molecule has 1 amide bonds. The highest BCUT2D eigenvalue weighted by molar-refractivity contribution is 9.10. The lowest BCUT2D eigenvalue weighted by atomic mass is 10.1. The summed E-state index contributed by atoms with van der Waals surface area (Å²) in [4.78, 5) is 13.9. The number of nitrogen functional groups attached to an aromatic ring is 1. The number of amides is 1. The van der Waals surface area contributed by atoms with E-state index in [1.54, 1.807) is 17.0 Å². The summed E-state index contributed by atoms with van der Waals surface area (Å²) < 4.78 is 0.934. The van der Waals surface area contributed by atoms with Gasteiger partial charge in [0.2, 0.25) is 0 Å². The number of nitrogens with one attached hydrogen (secondary N) is 1. The molecule has 4 nitrogen and oxygen atoms in total. The van der Waals surface area contributed by atoms with E-state index >= 15 is 0 Å². The Morgan fingerprint density at radius 3 is 2.63 bits per heavy atom. The Balaban J connectivity index is 2.12. The van der Waals surface area contributed by atoms with Gasteiger partial charge < -0.3 is 11.1 Å². The largest absolute Gasteiger partial charge is 0.399 e. The van der Waals surface area contributed by atoms with Crippen molar-refractivity contribution in [3.8, 4) is 0 Å². The summed E-state index contributed by atoms with van der Waals surface area (Å²) in [6.45, 7) is 0.291. The van der Waals surface area contributed by atoms with Crippen LogP contribution in [0.1, 0.15) is 0 Å². The quantitative estimate of drug-likeness (QED) is 0.794. The minimum atomic E-state index is 0.00960. The van der Waals surface area contributed by atoms with Gasteiger partial charge in [0.25, 0.3) is 5.91 Å². The minimum Gasteiger partial charge on any atom is -0.399 e. The van der Waals surface area contributed by atoms with Crippen molar-refractivity contribution >= 4 is 44.6 Å². The lowest BCUT2D eigenvalue weighted by molar-refractivity contribution is -0.116. The normalized spacial score (nSPS) is 13.9. The molecule has 0 bridgehead atoms. The summed E-state index contributed by atoms with van der Waals surface area (Å²) in [5.41, 5.74) is 8.97. The second kappa shape index (κ2) is 4.59. The number of nitrogens with two attached hydrogens (primary N) is 1. The maximum absolute atomic E-state index is 12.2. The molecule has 1 aliphatic heterocycles. The second-order valence-corrected chi connectivity index (χ2v) is 5.25. The number of fused-ring (bicyclic) bond motifs is 1. The van der Waals surface area contributed by atoms with E-state index in [1.807, 2.05) is 30.3 Å². The Morgan fingerprint density at radius 1 is 1.16 bits per heavy atom. The number of benzene rings is 2. The molecular formula is C14H12BrN3O. The van der Waals surface area contributed by atoms with Crippen molar-refractivity contribution in [2.45, 2.75) is 0 Å². The lowest BCUT2D eigenvalue weighted by Gasteiger charge is -2.30. The maximum Gasteiger partial charge on any atom is 0.250 e. The lowest BCUT2D eigenvalue weighted by Crippen LogP contribution is -2.36. The molecule has 0 aliphatic carbocycles. The average molecular weight is 318 g/mol. The molecule has 0 unspecified atom stereocenters. The van der Waals surface area contributed by atoms with Gasteiger partial charge in [0.05, 0.1) is 17.9 Å². The molecule has 2 aromatic carbocycles. The molecule has 0 aromatic heterocycles. The molecule has 1 aliphatic rings. The van der Waals surface area contributed by atoms with Gasteiger partial charge in [-0.2, -0.15) is 0 Å². The minimum absolute atomic E-state index is 0.00960. The molecule has 0 atom stereocenters. The van der Waals surface area contributed by atoms with Crippen molar-refractivity contribution in [3.63, 3.8) is 0 Å². The highest BCUT2D eigenvalue weighted by Gasteiger charge is 2.25. The van der Waals surface area contributed by atoms with Crippen LogP contribution in [0.5, 0.6) is 0 Å². The van der Waals surface area contributed by atoms with Gasteiger partial charge in [0.15, 0.2) is 0 Å². The van der Waals surface area contributed by atoms with Crippen LogP contribution >= 0.6 is 15.9 Å². The summed E-state index contributed by atoms with van der Waals surface area (Å²) in [5.74, 6) is 0.00960. The molecule has 5 heteroatoms. The number of carbonyl (C=O) groups excluding carboxylic acids is 1. The van der Waals surface area contributed by atoms with Crippen LogP contribution in [0.3, 0.4) is 0 Å². The molecule has 2 aromatic rings. The van der Waals surface area contributed by atoms with Crippen LogP contribution in [0, 0.1) is 0 Å². The van der Waals surface area contributed by atoms with Gasteiger partial charge in [-0.15, -0.1) is 0 Å². The Bertz CT molecular complexity index is 640. The standard InChI is InChI=1S/C14H12BrN3O/c15-9-1-6-12-13(7-9)18(14(19)8-17-12)11-4-2-10(16)3-5-11/h1-7,17H,8,16H2. The van der Waals surface area contributed by atoms with Gasteiger partial charge >= 0.3 is 0 Å². The van der Waals surface area contributed by atoms with Crippen molar-refractivity contribution < 1.29 is 4.79 Å². The Hall–Kier alpha value is -2.01. The fraction of sp³-hybridized carbons (Fsp3) is 0.0714. The van der Waals surface area contributed by atoms with Gasteiger partial charge in [-0.1, -0.05) is 15.9 Å². The van der Waals surface area contributed by atoms with Gasteiger partial charge in [-0.05, 0) is 42.5 Å². The highest BCUT2D eigenvalue weighted by atomic mass is 79.9. The van der Waals surface area contributed by atoms with Crippen molar-refractivity contribution in [3.05, 3.63) is 46.9 Å². The first-order chi connectivity index (χ1) is 9.15. The molecule has 0 saturated carbocycles. The van der Waals surface area contributed by atoms with Gasteiger partial charge in [0, 0.05) is 15.8 Å². The molecule has 19 heavy (non-hydrogen) atoms. The predicted molar refractivity (Wildman–Crippen MR) is 80.6 cm³/mol. The Kier molecular flexibility index (Phi) is 2.91. The number of carbonyl (C=O) groups is 1. The second-order valence-electron chi connectivity index (χ2n) is 4.34. The zero-order valence-electron chi connectivity index (χ0n) is 10.1. The van der Waals surface area contributed by atoms with E-state index in [1.165, 1.54) is 0 Å². The summed E-state index contributed by atoms with van der Waals surface area (Å²) >= 11 is 3.44. The summed E-state index contributed by atoms with van der Waals surface area (Å²) in [7, 11) is 0. The molecule has 0 radical (unpaired) electrons. The third kappa shape index (κ3) is 2.17. The van der Waals surface area contributed by atoms with Crippen molar-refractivity contribution in [2.24, 2.45) is 0 Å².